The van der Waals surface area contributed by atoms with E-state index in [-0.39, 0.29) is 11.5 Å². The summed E-state index contributed by atoms with van der Waals surface area (Å²) in [5, 5.41) is 0.701. The monoisotopic (exact) mass is 331 g/mol. The van der Waals surface area contributed by atoms with Crippen molar-refractivity contribution in [3.63, 3.8) is 0 Å². The minimum Gasteiger partial charge on any atom is -0.293 e. The van der Waals surface area contributed by atoms with Crippen LogP contribution in [-0.2, 0) is 6.18 Å². The van der Waals surface area contributed by atoms with Gasteiger partial charge in [-0.2, -0.15) is 13.2 Å². The van der Waals surface area contributed by atoms with Gasteiger partial charge in [-0.15, -0.1) is 0 Å². The van der Waals surface area contributed by atoms with Gasteiger partial charge >= 0.3 is 6.18 Å². The van der Waals surface area contributed by atoms with Gasteiger partial charge in [-0.05, 0) is 24.3 Å². The molecule has 0 bridgehead atoms. The lowest BCUT2D eigenvalue weighted by atomic mass is 10.1. The summed E-state index contributed by atoms with van der Waals surface area (Å²) in [6, 6.07) is 8.80. The molecule has 0 fully saturated rings. The van der Waals surface area contributed by atoms with Gasteiger partial charge in [0.1, 0.15) is 0 Å². The normalized spacial score (nSPS) is 11.4. The second-order valence-corrected chi connectivity index (χ2v) is 5.48. The predicted octanol–water partition coefficient (Wildman–Crippen LogP) is 4.73. The number of nitrogens with zero attached hydrogens (tertiary/aromatic N) is 1. The molecule has 2 rings (SSSR count). The summed E-state index contributed by atoms with van der Waals surface area (Å²) in [7, 11) is 0. The first-order chi connectivity index (χ1) is 9.88. The number of thioether (sulfide) groups is 1. The Hall–Kier alpha value is -1.53. The van der Waals surface area contributed by atoms with E-state index in [1.54, 1.807) is 24.3 Å². The molecule has 2 aromatic rings. The maximum atomic E-state index is 12.4. The molecule has 0 amide bonds. The van der Waals surface area contributed by atoms with Crippen LogP contribution in [0.1, 0.15) is 15.9 Å². The molecular formula is C14H9ClF3NOS. The quantitative estimate of drug-likeness (QED) is 0.599. The second-order valence-electron chi connectivity index (χ2n) is 4.07. The zero-order valence-electron chi connectivity index (χ0n) is 10.5. The largest absolute Gasteiger partial charge is 0.417 e. The second kappa shape index (κ2) is 6.49. The summed E-state index contributed by atoms with van der Waals surface area (Å²) in [4.78, 5) is 15.6. The van der Waals surface area contributed by atoms with Crippen molar-refractivity contribution in [1.82, 2.24) is 4.98 Å². The van der Waals surface area contributed by atoms with Gasteiger partial charge in [-0.1, -0.05) is 35.5 Å². The summed E-state index contributed by atoms with van der Waals surface area (Å²) in [6.45, 7) is 0. The number of hydrogen-bond acceptors (Lipinski definition) is 3. The van der Waals surface area contributed by atoms with Crippen LogP contribution in [0.5, 0.6) is 0 Å². The Morgan fingerprint density at radius 1 is 1.19 bits per heavy atom. The number of rotatable bonds is 4. The summed E-state index contributed by atoms with van der Waals surface area (Å²) in [5.74, 6) is -0.144. The Morgan fingerprint density at radius 2 is 1.90 bits per heavy atom. The molecular weight excluding hydrogens is 323 g/mol. The van der Waals surface area contributed by atoms with Crippen LogP contribution in [0, 0.1) is 0 Å². The Kier molecular flexibility index (Phi) is 4.90. The lowest BCUT2D eigenvalue weighted by molar-refractivity contribution is -0.137. The molecule has 7 heteroatoms. The highest BCUT2D eigenvalue weighted by atomic mass is 35.5. The van der Waals surface area contributed by atoms with Gasteiger partial charge in [0, 0.05) is 11.8 Å². The fourth-order valence-electron chi connectivity index (χ4n) is 1.54. The van der Waals surface area contributed by atoms with Crippen LogP contribution in [0.2, 0.25) is 5.02 Å². The van der Waals surface area contributed by atoms with Crippen molar-refractivity contribution in [2.75, 3.05) is 5.75 Å². The van der Waals surface area contributed by atoms with Gasteiger partial charge in [0.2, 0.25) is 0 Å². The van der Waals surface area contributed by atoms with Gasteiger partial charge in [0.15, 0.2) is 5.78 Å². The minimum atomic E-state index is -4.41. The number of aromatic nitrogens is 1. The SMILES string of the molecule is O=C(CSc1ccc(C(F)(F)F)cn1)c1ccccc1Cl. The zero-order valence-corrected chi connectivity index (χ0v) is 12.1. The molecule has 1 aromatic heterocycles. The minimum absolute atomic E-state index is 0.0576. The summed E-state index contributed by atoms with van der Waals surface area (Å²) < 4.78 is 37.2. The summed E-state index contributed by atoms with van der Waals surface area (Å²) in [5.41, 5.74) is -0.428. The highest BCUT2D eigenvalue weighted by Crippen LogP contribution is 2.29. The zero-order chi connectivity index (χ0) is 15.5. The Bertz CT molecular complexity index is 643. The lowest BCUT2D eigenvalue weighted by Crippen LogP contribution is -2.06. The number of pyridine rings is 1. The molecule has 110 valence electrons. The topological polar surface area (TPSA) is 30.0 Å². The van der Waals surface area contributed by atoms with Crippen molar-refractivity contribution in [3.05, 3.63) is 58.7 Å². The molecule has 0 spiro atoms. The predicted molar refractivity (Wildman–Crippen MR) is 75.7 cm³/mol. The first kappa shape index (κ1) is 15.9. The standard InChI is InChI=1S/C14H9ClF3NOS/c15-11-4-2-1-3-10(11)12(20)8-21-13-6-5-9(7-19-13)14(16,17)18/h1-7H,8H2. The van der Waals surface area contributed by atoms with E-state index in [0.29, 0.717) is 15.6 Å². The lowest BCUT2D eigenvalue weighted by Gasteiger charge is -2.06. The molecule has 21 heavy (non-hydrogen) atoms. The van der Waals surface area contributed by atoms with Gasteiger partial charge in [-0.25, -0.2) is 4.98 Å². The number of Topliss-reactive ketones (excluding diaryl/α,β-unsaturated/α-hetero) is 1. The molecule has 0 atom stereocenters. The summed E-state index contributed by atoms with van der Waals surface area (Å²) >= 11 is 6.97. The fourth-order valence-corrected chi connectivity index (χ4v) is 2.51. The molecule has 2 nitrogen and oxygen atoms in total. The first-order valence-corrected chi connectivity index (χ1v) is 7.18. The van der Waals surface area contributed by atoms with Crippen LogP contribution < -0.4 is 0 Å². The van der Waals surface area contributed by atoms with Crippen LogP contribution in [0.25, 0.3) is 0 Å². The van der Waals surface area contributed by atoms with Crippen molar-refractivity contribution < 1.29 is 18.0 Å². The van der Waals surface area contributed by atoms with Crippen LogP contribution in [0.15, 0.2) is 47.6 Å². The highest BCUT2D eigenvalue weighted by Gasteiger charge is 2.30. The molecule has 1 heterocycles. The maximum Gasteiger partial charge on any atom is 0.417 e. The van der Waals surface area contributed by atoms with E-state index in [4.69, 9.17) is 11.6 Å². The first-order valence-electron chi connectivity index (χ1n) is 5.81. The van der Waals surface area contributed by atoms with E-state index in [0.717, 1.165) is 24.0 Å². The van der Waals surface area contributed by atoms with Gasteiger partial charge in [-0.3, -0.25) is 4.79 Å². The van der Waals surface area contributed by atoms with Gasteiger partial charge in [0.25, 0.3) is 0 Å². The highest BCUT2D eigenvalue weighted by molar-refractivity contribution is 7.99. The average molecular weight is 332 g/mol. The van der Waals surface area contributed by atoms with Crippen LogP contribution in [0.3, 0.4) is 0 Å². The number of halogens is 4. The van der Waals surface area contributed by atoms with E-state index < -0.39 is 11.7 Å². The third-order valence-corrected chi connectivity index (χ3v) is 3.86. The molecule has 0 saturated carbocycles. The smallest absolute Gasteiger partial charge is 0.293 e. The molecule has 0 aliphatic heterocycles. The van der Waals surface area contributed by atoms with Crippen LogP contribution in [-0.4, -0.2) is 16.5 Å². The van der Waals surface area contributed by atoms with E-state index in [1.165, 1.54) is 6.07 Å². The van der Waals surface area contributed by atoms with Crippen molar-refractivity contribution in [1.29, 1.82) is 0 Å². The van der Waals surface area contributed by atoms with Crippen LogP contribution in [0.4, 0.5) is 13.2 Å². The average Bonchev–Trinajstić information content (AvgIpc) is 2.45. The number of hydrogen-bond donors (Lipinski definition) is 0. The van der Waals surface area contributed by atoms with Crippen molar-refractivity contribution in [3.8, 4) is 0 Å². The Morgan fingerprint density at radius 3 is 2.48 bits per heavy atom. The maximum absolute atomic E-state index is 12.4. The summed E-state index contributed by atoms with van der Waals surface area (Å²) in [6.07, 6.45) is -3.66. The number of benzene rings is 1. The Labute approximate surface area is 128 Å². The van der Waals surface area contributed by atoms with Gasteiger partial charge < -0.3 is 0 Å². The van der Waals surface area contributed by atoms with Crippen molar-refractivity contribution in [2.45, 2.75) is 11.2 Å². The number of carbonyl (C=O) groups is 1. The molecule has 0 aliphatic carbocycles. The van der Waals surface area contributed by atoms with Crippen molar-refractivity contribution >= 4 is 29.1 Å². The third kappa shape index (κ3) is 4.22. The third-order valence-electron chi connectivity index (χ3n) is 2.59. The number of alkyl halides is 3. The van der Waals surface area contributed by atoms with Gasteiger partial charge in [0.05, 0.1) is 21.4 Å². The van der Waals surface area contributed by atoms with E-state index >= 15 is 0 Å². The van der Waals surface area contributed by atoms with E-state index in [1.807, 2.05) is 0 Å². The molecule has 1 aromatic carbocycles. The molecule has 0 unspecified atom stereocenters. The molecule has 0 saturated heterocycles. The van der Waals surface area contributed by atoms with Crippen molar-refractivity contribution in [2.24, 2.45) is 0 Å². The molecule has 0 aliphatic rings. The fraction of sp³-hybridized carbons (Fsp3) is 0.143. The number of carbonyl (C=O) groups excluding carboxylic acids is 1. The molecule has 0 N–H and O–H groups in total. The molecule has 0 radical (unpaired) electrons. The van der Waals surface area contributed by atoms with E-state index in [9.17, 15) is 18.0 Å². The van der Waals surface area contributed by atoms with E-state index in [2.05, 4.69) is 4.98 Å². The Balaban J connectivity index is 2.00. The number of ketones is 1. The van der Waals surface area contributed by atoms with Crippen LogP contribution >= 0.6 is 23.4 Å².